The quantitative estimate of drug-likeness (QED) is 0.739. The Hall–Kier alpha value is -0.380. The second-order valence-corrected chi connectivity index (χ2v) is 6.09. The average molecular weight is 239 g/mol. The highest BCUT2D eigenvalue weighted by molar-refractivity contribution is 7.12. The molecule has 0 atom stereocenters. The van der Waals surface area contributed by atoms with Crippen molar-refractivity contribution in [3.63, 3.8) is 0 Å². The van der Waals surface area contributed by atoms with Gasteiger partial charge in [0, 0.05) is 29.5 Å². The maximum Gasteiger partial charge on any atom is 0.0591 e. The van der Waals surface area contributed by atoms with E-state index in [1.807, 2.05) is 11.3 Å². The second-order valence-electron chi connectivity index (χ2n) is 4.63. The maximum absolute atomic E-state index is 5.57. The molecule has 16 heavy (non-hydrogen) atoms. The molecule has 1 aliphatic rings. The molecule has 90 valence electrons. The molecule has 0 aliphatic heterocycles. The van der Waals surface area contributed by atoms with Gasteiger partial charge in [-0.15, -0.1) is 11.3 Å². The van der Waals surface area contributed by atoms with Crippen LogP contribution in [0.1, 0.15) is 28.2 Å². The SMILES string of the molecule is Cc1cc(CNCCOCC2CC2)c(C)s1. The van der Waals surface area contributed by atoms with E-state index >= 15 is 0 Å². The molecule has 0 amide bonds. The van der Waals surface area contributed by atoms with E-state index in [2.05, 4.69) is 25.2 Å². The Balaban J connectivity index is 1.54. The topological polar surface area (TPSA) is 21.3 Å². The minimum Gasteiger partial charge on any atom is -0.380 e. The van der Waals surface area contributed by atoms with Gasteiger partial charge in [0.1, 0.15) is 0 Å². The number of rotatable bonds is 7. The minimum atomic E-state index is 0.846. The van der Waals surface area contributed by atoms with Gasteiger partial charge in [-0.2, -0.15) is 0 Å². The largest absolute Gasteiger partial charge is 0.380 e. The molecule has 1 N–H and O–H groups in total. The van der Waals surface area contributed by atoms with Gasteiger partial charge < -0.3 is 10.1 Å². The summed E-state index contributed by atoms with van der Waals surface area (Å²) in [6, 6.07) is 2.28. The summed E-state index contributed by atoms with van der Waals surface area (Å²) in [7, 11) is 0. The third-order valence-corrected chi connectivity index (χ3v) is 3.94. The lowest BCUT2D eigenvalue weighted by molar-refractivity contribution is 0.126. The van der Waals surface area contributed by atoms with Gasteiger partial charge in [0.25, 0.3) is 0 Å². The first-order valence-electron chi connectivity index (χ1n) is 6.10. The van der Waals surface area contributed by atoms with Crippen LogP contribution in [0.25, 0.3) is 0 Å². The molecular weight excluding hydrogens is 218 g/mol. The van der Waals surface area contributed by atoms with Gasteiger partial charge >= 0.3 is 0 Å². The van der Waals surface area contributed by atoms with Crippen molar-refractivity contribution in [1.82, 2.24) is 5.32 Å². The number of nitrogens with one attached hydrogen (secondary N) is 1. The summed E-state index contributed by atoms with van der Waals surface area (Å²) >= 11 is 1.88. The van der Waals surface area contributed by atoms with Crippen LogP contribution in [0.2, 0.25) is 0 Å². The van der Waals surface area contributed by atoms with Gasteiger partial charge in [0.05, 0.1) is 6.61 Å². The Labute approximate surface area is 102 Å². The Morgan fingerprint density at radius 3 is 2.88 bits per heavy atom. The van der Waals surface area contributed by atoms with E-state index in [9.17, 15) is 0 Å². The first kappa shape index (κ1) is 12.1. The number of aryl methyl sites for hydroxylation is 2. The molecule has 0 unspecified atom stereocenters. The minimum absolute atomic E-state index is 0.846. The summed E-state index contributed by atoms with van der Waals surface area (Å²) in [6.07, 6.45) is 2.75. The van der Waals surface area contributed by atoms with Crippen LogP contribution in [0.5, 0.6) is 0 Å². The first-order chi connectivity index (χ1) is 7.75. The number of hydrogen-bond donors (Lipinski definition) is 1. The molecule has 0 bridgehead atoms. The molecule has 0 saturated heterocycles. The molecule has 1 aromatic heterocycles. The number of ether oxygens (including phenoxy) is 1. The first-order valence-corrected chi connectivity index (χ1v) is 6.91. The molecule has 2 nitrogen and oxygen atoms in total. The number of thiophene rings is 1. The molecule has 1 fully saturated rings. The zero-order chi connectivity index (χ0) is 11.4. The molecule has 0 radical (unpaired) electrons. The van der Waals surface area contributed by atoms with Crippen molar-refractivity contribution in [2.45, 2.75) is 33.2 Å². The standard InChI is InChI=1S/C13H21NOS/c1-10-7-13(11(2)16-10)8-14-5-6-15-9-12-3-4-12/h7,12,14H,3-6,8-9H2,1-2H3. The zero-order valence-electron chi connectivity index (χ0n) is 10.2. The van der Waals surface area contributed by atoms with Crippen LogP contribution in [-0.2, 0) is 11.3 Å². The fourth-order valence-electron chi connectivity index (χ4n) is 1.76. The van der Waals surface area contributed by atoms with Crippen molar-refractivity contribution in [1.29, 1.82) is 0 Å². The van der Waals surface area contributed by atoms with E-state index in [1.165, 1.54) is 28.2 Å². The third-order valence-electron chi connectivity index (χ3n) is 2.93. The van der Waals surface area contributed by atoms with Crippen LogP contribution in [0.4, 0.5) is 0 Å². The van der Waals surface area contributed by atoms with Crippen LogP contribution < -0.4 is 5.32 Å². The van der Waals surface area contributed by atoms with E-state index in [-0.39, 0.29) is 0 Å². The van der Waals surface area contributed by atoms with Crippen LogP contribution in [-0.4, -0.2) is 19.8 Å². The lowest BCUT2D eigenvalue weighted by Gasteiger charge is -2.05. The molecule has 2 rings (SSSR count). The fraction of sp³-hybridized carbons (Fsp3) is 0.692. The van der Waals surface area contributed by atoms with Gasteiger partial charge in [0.2, 0.25) is 0 Å². The third kappa shape index (κ3) is 3.89. The maximum atomic E-state index is 5.57. The summed E-state index contributed by atoms with van der Waals surface area (Å²) in [5, 5.41) is 3.43. The molecular formula is C13H21NOS. The fourth-order valence-corrected chi connectivity index (χ4v) is 2.71. The van der Waals surface area contributed by atoms with Crippen LogP contribution >= 0.6 is 11.3 Å². The predicted molar refractivity (Wildman–Crippen MR) is 69.0 cm³/mol. The number of hydrogen-bond acceptors (Lipinski definition) is 3. The van der Waals surface area contributed by atoms with Crippen LogP contribution in [0, 0.1) is 19.8 Å². The second kappa shape index (κ2) is 5.80. The summed E-state index contributed by atoms with van der Waals surface area (Å²) in [4.78, 5) is 2.84. The lowest BCUT2D eigenvalue weighted by Crippen LogP contribution is -2.19. The van der Waals surface area contributed by atoms with Crippen molar-refractivity contribution in [3.8, 4) is 0 Å². The smallest absolute Gasteiger partial charge is 0.0591 e. The van der Waals surface area contributed by atoms with Gasteiger partial charge in [-0.3, -0.25) is 0 Å². The van der Waals surface area contributed by atoms with Crippen molar-refractivity contribution in [2.75, 3.05) is 19.8 Å². The van der Waals surface area contributed by atoms with Crippen molar-refractivity contribution < 1.29 is 4.74 Å². The predicted octanol–water partition coefficient (Wildman–Crippen LogP) is 2.88. The van der Waals surface area contributed by atoms with E-state index in [0.29, 0.717) is 0 Å². The lowest BCUT2D eigenvalue weighted by atomic mass is 10.2. The van der Waals surface area contributed by atoms with E-state index in [0.717, 1.165) is 32.2 Å². The van der Waals surface area contributed by atoms with Crippen molar-refractivity contribution >= 4 is 11.3 Å². The van der Waals surface area contributed by atoms with E-state index in [1.54, 1.807) is 0 Å². The molecule has 0 aromatic carbocycles. The summed E-state index contributed by atoms with van der Waals surface area (Å²) in [5.41, 5.74) is 1.43. The highest BCUT2D eigenvalue weighted by Crippen LogP contribution is 2.28. The van der Waals surface area contributed by atoms with Crippen LogP contribution in [0.3, 0.4) is 0 Å². The normalized spacial score (nSPS) is 15.6. The Morgan fingerprint density at radius 2 is 2.25 bits per heavy atom. The molecule has 0 spiro atoms. The zero-order valence-corrected chi connectivity index (χ0v) is 11.0. The highest BCUT2D eigenvalue weighted by Gasteiger charge is 2.20. The van der Waals surface area contributed by atoms with E-state index in [4.69, 9.17) is 4.74 Å². The Bertz CT molecular complexity index is 331. The Morgan fingerprint density at radius 1 is 1.44 bits per heavy atom. The molecule has 1 heterocycles. The van der Waals surface area contributed by atoms with Gasteiger partial charge in [-0.1, -0.05) is 0 Å². The van der Waals surface area contributed by atoms with Crippen LogP contribution in [0.15, 0.2) is 6.07 Å². The van der Waals surface area contributed by atoms with Gasteiger partial charge in [-0.25, -0.2) is 0 Å². The van der Waals surface area contributed by atoms with Gasteiger partial charge in [-0.05, 0) is 44.2 Å². The van der Waals surface area contributed by atoms with Crippen molar-refractivity contribution in [3.05, 3.63) is 21.4 Å². The average Bonchev–Trinajstić information content (AvgIpc) is 2.99. The van der Waals surface area contributed by atoms with Gasteiger partial charge in [0.15, 0.2) is 0 Å². The van der Waals surface area contributed by atoms with Crippen molar-refractivity contribution in [2.24, 2.45) is 5.92 Å². The molecule has 3 heteroatoms. The molecule has 1 saturated carbocycles. The molecule has 1 aromatic rings. The summed E-state index contributed by atoms with van der Waals surface area (Å²) < 4.78 is 5.57. The summed E-state index contributed by atoms with van der Waals surface area (Å²) in [5.74, 6) is 0.877. The highest BCUT2D eigenvalue weighted by atomic mass is 32.1. The molecule has 1 aliphatic carbocycles. The summed E-state index contributed by atoms with van der Waals surface area (Å²) in [6.45, 7) is 8.11. The Kier molecular flexibility index (Phi) is 4.38. The monoisotopic (exact) mass is 239 g/mol. The van der Waals surface area contributed by atoms with E-state index < -0.39 is 0 Å².